The van der Waals surface area contributed by atoms with Crippen molar-refractivity contribution in [3.05, 3.63) is 10.1 Å². The molecule has 0 heterocycles. The maximum Gasteiger partial charge on any atom is 0.218 e. The lowest BCUT2D eigenvalue weighted by Gasteiger charge is -2.01. The van der Waals surface area contributed by atoms with Gasteiger partial charge in [0.1, 0.15) is 0 Å². The van der Waals surface area contributed by atoms with Crippen molar-refractivity contribution in [3.8, 4) is 0 Å². The number of nitrogens with two attached hydrogens (primary N) is 1. The summed E-state index contributed by atoms with van der Waals surface area (Å²) in [5.74, 6) is 0. The van der Waals surface area contributed by atoms with Crippen LogP contribution >= 0.6 is 0 Å². The van der Waals surface area contributed by atoms with E-state index in [-0.39, 0.29) is 17.5 Å². The zero-order valence-corrected chi connectivity index (χ0v) is 5.54. The highest BCUT2D eigenvalue weighted by Gasteiger charge is 2.06. The van der Waals surface area contributed by atoms with Crippen molar-refractivity contribution in [1.82, 2.24) is 0 Å². The lowest BCUT2D eigenvalue weighted by atomic mass is 10.2. The first-order chi connectivity index (χ1) is 4.16. The van der Waals surface area contributed by atoms with Gasteiger partial charge in [-0.05, 0) is 6.42 Å². The van der Waals surface area contributed by atoms with Gasteiger partial charge in [0.15, 0.2) is 0 Å². The van der Waals surface area contributed by atoms with Crippen LogP contribution in [0, 0.1) is 10.1 Å². The average molecular weight is 132 g/mol. The van der Waals surface area contributed by atoms with E-state index in [1.54, 1.807) is 0 Å². The molecule has 54 valence electrons. The molecule has 0 aromatic rings. The zero-order valence-electron chi connectivity index (χ0n) is 5.54. The molecule has 4 nitrogen and oxygen atoms in total. The highest BCUT2D eigenvalue weighted by Crippen LogP contribution is 1.91. The molecule has 0 saturated heterocycles. The highest BCUT2D eigenvalue weighted by molar-refractivity contribution is 4.56. The summed E-state index contributed by atoms with van der Waals surface area (Å²) >= 11 is 0. The standard InChI is InChI=1S/C5H12N2O2/c1-2-3-5(6)4-7(8)9/h5H,2-4,6H2,1H3. The van der Waals surface area contributed by atoms with Crippen LogP contribution in [0.15, 0.2) is 0 Å². The predicted molar refractivity (Wildman–Crippen MR) is 34.7 cm³/mol. The van der Waals surface area contributed by atoms with Crippen LogP contribution in [0.4, 0.5) is 0 Å². The van der Waals surface area contributed by atoms with Crippen LogP contribution in [0.25, 0.3) is 0 Å². The Morgan fingerprint density at radius 1 is 1.78 bits per heavy atom. The van der Waals surface area contributed by atoms with E-state index in [1.165, 1.54) is 0 Å². The van der Waals surface area contributed by atoms with Crippen LogP contribution < -0.4 is 5.73 Å². The third-order valence-electron chi connectivity index (χ3n) is 1.04. The van der Waals surface area contributed by atoms with Gasteiger partial charge in [0.2, 0.25) is 6.54 Å². The van der Waals surface area contributed by atoms with Crippen molar-refractivity contribution in [2.75, 3.05) is 6.54 Å². The fourth-order valence-corrected chi connectivity index (χ4v) is 0.654. The minimum atomic E-state index is -0.375. The Morgan fingerprint density at radius 2 is 2.33 bits per heavy atom. The molecule has 2 N–H and O–H groups in total. The summed E-state index contributed by atoms with van der Waals surface area (Å²) in [4.78, 5) is 9.44. The normalized spacial score (nSPS) is 13.1. The maximum absolute atomic E-state index is 9.81. The van der Waals surface area contributed by atoms with Crippen LogP contribution in [0.2, 0.25) is 0 Å². The SMILES string of the molecule is CCCC(N)C[N+](=O)[O-]. The third-order valence-corrected chi connectivity index (χ3v) is 1.04. The van der Waals surface area contributed by atoms with Crippen LogP contribution in [0.5, 0.6) is 0 Å². The molecule has 0 spiro atoms. The van der Waals surface area contributed by atoms with Gasteiger partial charge in [-0.15, -0.1) is 0 Å². The lowest BCUT2D eigenvalue weighted by molar-refractivity contribution is -0.482. The first-order valence-corrected chi connectivity index (χ1v) is 3.04. The molecule has 1 unspecified atom stereocenters. The molecule has 4 heteroatoms. The largest absolute Gasteiger partial charge is 0.322 e. The van der Waals surface area contributed by atoms with E-state index in [0.29, 0.717) is 0 Å². The fourth-order valence-electron chi connectivity index (χ4n) is 0.654. The zero-order chi connectivity index (χ0) is 7.28. The summed E-state index contributed by atoms with van der Waals surface area (Å²) in [5.41, 5.74) is 5.34. The van der Waals surface area contributed by atoms with Gasteiger partial charge in [0.25, 0.3) is 0 Å². The second-order valence-electron chi connectivity index (χ2n) is 2.06. The van der Waals surface area contributed by atoms with Crippen LogP contribution in [-0.4, -0.2) is 17.5 Å². The molecule has 9 heavy (non-hydrogen) atoms. The van der Waals surface area contributed by atoms with Crippen LogP contribution in [0.1, 0.15) is 19.8 Å². The van der Waals surface area contributed by atoms with Gasteiger partial charge in [0, 0.05) is 4.92 Å². The van der Waals surface area contributed by atoms with E-state index >= 15 is 0 Å². The first kappa shape index (κ1) is 8.36. The predicted octanol–water partition coefficient (Wildman–Crippen LogP) is 0.391. The van der Waals surface area contributed by atoms with Crippen molar-refractivity contribution < 1.29 is 4.92 Å². The van der Waals surface area contributed by atoms with E-state index in [2.05, 4.69) is 0 Å². The van der Waals surface area contributed by atoms with Gasteiger partial charge in [-0.1, -0.05) is 13.3 Å². The molecule has 0 fully saturated rings. The monoisotopic (exact) mass is 132 g/mol. The van der Waals surface area contributed by atoms with Gasteiger partial charge in [-0.3, -0.25) is 10.1 Å². The number of nitro groups is 1. The molecule has 0 aliphatic carbocycles. The maximum atomic E-state index is 9.81. The van der Waals surface area contributed by atoms with Crippen LogP contribution in [-0.2, 0) is 0 Å². The Labute approximate surface area is 54.2 Å². The van der Waals surface area contributed by atoms with Gasteiger partial charge >= 0.3 is 0 Å². The molecule has 0 aliphatic heterocycles. The molecular formula is C5H12N2O2. The topological polar surface area (TPSA) is 69.2 Å². The number of hydrogen-bond donors (Lipinski definition) is 1. The molecule has 0 aromatic heterocycles. The van der Waals surface area contributed by atoms with E-state index in [0.717, 1.165) is 12.8 Å². The molecule has 0 amide bonds. The number of hydrogen-bond acceptors (Lipinski definition) is 3. The second-order valence-corrected chi connectivity index (χ2v) is 2.06. The Hall–Kier alpha value is -0.640. The smallest absolute Gasteiger partial charge is 0.218 e. The van der Waals surface area contributed by atoms with Crippen molar-refractivity contribution in [3.63, 3.8) is 0 Å². The van der Waals surface area contributed by atoms with Gasteiger partial charge in [0.05, 0.1) is 6.04 Å². The molecule has 0 aromatic carbocycles. The highest BCUT2D eigenvalue weighted by atomic mass is 16.6. The van der Waals surface area contributed by atoms with Gasteiger partial charge in [-0.2, -0.15) is 0 Å². The molecule has 0 aliphatic rings. The molecule has 0 rings (SSSR count). The number of nitrogens with zero attached hydrogens (tertiary/aromatic N) is 1. The van der Waals surface area contributed by atoms with Gasteiger partial charge < -0.3 is 5.73 Å². The molecule has 0 radical (unpaired) electrons. The first-order valence-electron chi connectivity index (χ1n) is 3.04. The summed E-state index contributed by atoms with van der Waals surface area (Å²) in [7, 11) is 0. The Kier molecular flexibility index (Phi) is 3.96. The molecule has 1 atom stereocenters. The van der Waals surface area contributed by atoms with Crippen molar-refractivity contribution in [2.45, 2.75) is 25.8 Å². The van der Waals surface area contributed by atoms with Crippen molar-refractivity contribution in [2.24, 2.45) is 5.73 Å². The quantitative estimate of drug-likeness (QED) is 0.444. The van der Waals surface area contributed by atoms with E-state index in [1.807, 2.05) is 6.92 Å². The van der Waals surface area contributed by atoms with Crippen LogP contribution in [0.3, 0.4) is 0 Å². The summed E-state index contributed by atoms with van der Waals surface area (Å²) in [6.07, 6.45) is 1.65. The van der Waals surface area contributed by atoms with Gasteiger partial charge in [-0.25, -0.2) is 0 Å². The minimum Gasteiger partial charge on any atom is -0.322 e. The number of rotatable bonds is 4. The summed E-state index contributed by atoms with van der Waals surface area (Å²) in [5, 5.41) is 9.81. The summed E-state index contributed by atoms with van der Waals surface area (Å²) in [6.45, 7) is 1.85. The Balaban J connectivity index is 3.26. The lowest BCUT2D eigenvalue weighted by Crippen LogP contribution is -2.28. The third kappa shape index (κ3) is 5.23. The Bertz CT molecular complexity index is 95.0. The van der Waals surface area contributed by atoms with E-state index in [9.17, 15) is 10.1 Å². The van der Waals surface area contributed by atoms with Crippen molar-refractivity contribution in [1.29, 1.82) is 0 Å². The van der Waals surface area contributed by atoms with E-state index in [4.69, 9.17) is 5.73 Å². The fraction of sp³-hybridized carbons (Fsp3) is 1.00. The summed E-state index contributed by atoms with van der Waals surface area (Å²) < 4.78 is 0. The second kappa shape index (κ2) is 4.26. The Morgan fingerprint density at radius 3 is 2.67 bits per heavy atom. The molecular weight excluding hydrogens is 120 g/mol. The van der Waals surface area contributed by atoms with Crippen molar-refractivity contribution >= 4 is 0 Å². The molecule has 0 bridgehead atoms. The minimum absolute atomic E-state index is 0.103. The van der Waals surface area contributed by atoms with E-state index < -0.39 is 0 Å². The molecule has 0 saturated carbocycles. The summed E-state index contributed by atoms with van der Waals surface area (Å²) in [6, 6.07) is -0.259. The average Bonchev–Trinajstić information content (AvgIpc) is 1.63.